The molecule has 9 aromatic carbocycles. The summed E-state index contributed by atoms with van der Waals surface area (Å²) in [5.74, 6) is 1.82. The Morgan fingerprint density at radius 1 is 0.290 bits per heavy atom. The van der Waals surface area contributed by atoms with E-state index in [-0.39, 0.29) is 0 Å². The second-order valence-electron chi connectivity index (χ2n) is 17.4. The van der Waals surface area contributed by atoms with Gasteiger partial charge in [-0.1, -0.05) is 152 Å². The van der Waals surface area contributed by atoms with E-state index >= 15 is 0 Å². The van der Waals surface area contributed by atoms with Crippen LogP contribution >= 0.6 is 0 Å². The maximum absolute atomic E-state index is 5.17. The monoisotopic (exact) mass is 882 g/mol. The smallest absolute Gasteiger partial charge is 0.238 e. The van der Waals surface area contributed by atoms with Gasteiger partial charge in [0.05, 0.1) is 44.8 Å². The van der Waals surface area contributed by atoms with E-state index in [2.05, 4.69) is 170 Å². The van der Waals surface area contributed by atoms with Crippen LogP contribution in [0.2, 0.25) is 0 Å². The molecule has 0 fully saturated rings. The Kier molecular flexibility index (Phi) is 8.72. The van der Waals surface area contributed by atoms with E-state index < -0.39 is 0 Å². The van der Waals surface area contributed by atoms with Crippen LogP contribution in [0, 0.1) is 0 Å². The molecule has 0 bridgehead atoms. The van der Waals surface area contributed by atoms with E-state index in [1.54, 1.807) is 6.33 Å². The normalized spacial score (nSPS) is 11.8. The fraction of sp³-hybridized carbons (Fsp3) is 0. The lowest BCUT2D eigenvalue weighted by atomic mass is 9.97. The third-order valence-electron chi connectivity index (χ3n) is 13.4. The van der Waals surface area contributed by atoms with Gasteiger partial charge in [-0.05, 0) is 89.0 Å². The summed E-state index contributed by atoms with van der Waals surface area (Å²) in [4.78, 5) is 24.5. The number of aromatic nitrogens is 8. The van der Waals surface area contributed by atoms with Crippen molar-refractivity contribution in [3.8, 4) is 62.4 Å². The van der Waals surface area contributed by atoms with Crippen LogP contribution in [0.25, 0.3) is 128 Å². The standard InChI is InChI=1S/C61H38N8/c1-4-15-39(16-5-1)59-64-60(40-17-6-2-7-18-40)66-61(65-59)69-53-26-13-10-23-47(53)49-30-27-44(35-56(49)69)42-20-14-19-41(33-42)43-28-31-54-50(34-43)48-24-11-12-25-52(48)68(54)46-29-32-55-51(36-46)58-57(37-62-38-63-58)67(55)45-21-8-3-9-22-45/h1-38H. The third kappa shape index (κ3) is 6.27. The summed E-state index contributed by atoms with van der Waals surface area (Å²) in [6, 6.07) is 77.1. The molecule has 0 radical (unpaired) electrons. The van der Waals surface area contributed by atoms with Crippen molar-refractivity contribution < 1.29 is 0 Å². The molecule has 5 heterocycles. The van der Waals surface area contributed by atoms with Gasteiger partial charge < -0.3 is 9.13 Å². The van der Waals surface area contributed by atoms with Gasteiger partial charge in [0.15, 0.2) is 11.6 Å². The average Bonchev–Trinajstić information content (AvgIpc) is 4.06. The van der Waals surface area contributed by atoms with Crippen LogP contribution in [0.1, 0.15) is 0 Å². The van der Waals surface area contributed by atoms with Crippen molar-refractivity contribution in [2.75, 3.05) is 0 Å². The number of nitrogens with zero attached hydrogens (tertiary/aromatic N) is 8. The van der Waals surface area contributed by atoms with E-state index in [9.17, 15) is 0 Å². The van der Waals surface area contributed by atoms with Crippen LogP contribution in [0.15, 0.2) is 231 Å². The van der Waals surface area contributed by atoms with E-state index in [1.807, 2.05) is 72.9 Å². The molecular weight excluding hydrogens is 845 g/mol. The average molecular weight is 883 g/mol. The minimum absolute atomic E-state index is 0.570. The molecule has 0 spiro atoms. The van der Waals surface area contributed by atoms with Gasteiger partial charge in [-0.15, -0.1) is 0 Å². The molecule has 0 saturated heterocycles. The Balaban J connectivity index is 0.889. The van der Waals surface area contributed by atoms with E-state index in [0.717, 1.165) is 99.5 Å². The lowest BCUT2D eigenvalue weighted by molar-refractivity contribution is 0.953. The van der Waals surface area contributed by atoms with Crippen molar-refractivity contribution in [3.63, 3.8) is 0 Å². The molecule has 0 N–H and O–H groups in total. The van der Waals surface area contributed by atoms with Crippen molar-refractivity contribution in [1.29, 1.82) is 0 Å². The van der Waals surface area contributed by atoms with Gasteiger partial charge in [-0.25, -0.2) is 15.0 Å². The lowest BCUT2D eigenvalue weighted by Gasteiger charge is -2.12. The lowest BCUT2D eigenvalue weighted by Crippen LogP contribution is -2.06. The first kappa shape index (κ1) is 38.7. The van der Waals surface area contributed by atoms with Crippen LogP contribution < -0.4 is 0 Å². The fourth-order valence-corrected chi connectivity index (χ4v) is 10.3. The van der Waals surface area contributed by atoms with Gasteiger partial charge >= 0.3 is 0 Å². The van der Waals surface area contributed by atoms with Gasteiger partial charge in [-0.2, -0.15) is 9.97 Å². The molecule has 5 aromatic heterocycles. The Bertz CT molecular complexity index is 4250. The molecular formula is C61H38N8. The molecule has 0 atom stereocenters. The summed E-state index contributed by atoms with van der Waals surface area (Å²) in [7, 11) is 0. The number of fused-ring (bicyclic) bond motifs is 9. The molecule has 0 saturated carbocycles. The summed E-state index contributed by atoms with van der Waals surface area (Å²) in [5, 5.41) is 5.73. The molecule has 14 aromatic rings. The second-order valence-corrected chi connectivity index (χ2v) is 17.4. The number of rotatable bonds is 7. The molecule has 0 aliphatic carbocycles. The maximum Gasteiger partial charge on any atom is 0.238 e. The van der Waals surface area contributed by atoms with Gasteiger partial charge in [0.1, 0.15) is 6.33 Å². The van der Waals surface area contributed by atoms with Gasteiger partial charge in [0.25, 0.3) is 0 Å². The first-order chi connectivity index (χ1) is 34.2. The zero-order valence-corrected chi connectivity index (χ0v) is 37.0. The highest BCUT2D eigenvalue weighted by molar-refractivity contribution is 6.13. The summed E-state index contributed by atoms with van der Waals surface area (Å²) < 4.78 is 6.82. The van der Waals surface area contributed by atoms with Gasteiger partial charge in [-0.3, -0.25) is 4.57 Å². The maximum atomic E-state index is 5.17. The molecule has 0 unspecified atom stereocenters. The van der Waals surface area contributed by atoms with E-state index in [1.165, 1.54) is 10.8 Å². The minimum Gasteiger partial charge on any atom is -0.309 e. The summed E-state index contributed by atoms with van der Waals surface area (Å²) in [6.45, 7) is 0. The fourth-order valence-electron chi connectivity index (χ4n) is 10.3. The Morgan fingerprint density at radius 3 is 1.54 bits per heavy atom. The Labute approximate surface area is 395 Å². The highest BCUT2D eigenvalue weighted by atomic mass is 15.2. The summed E-state index contributed by atoms with van der Waals surface area (Å²) >= 11 is 0. The SMILES string of the molecule is c1ccc(-c2nc(-c3ccccc3)nc(-n3c4ccccc4c4ccc(-c5cccc(-c6ccc7c(c6)c6ccccc6n7-c6ccc7c(c6)c6ncncc6n7-c6ccccc6)c5)cc43)n2)cc1. The van der Waals surface area contributed by atoms with Crippen LogP contribution in [0.4, 0.5) is 0 Å². The second kappa shape index (κ2) is 15.5. The minimum atomic E-state index is 0.570. The number of benzene rings is 9. The molecule has 69 heavy (non-hydrogen) atoms. The van der Waals surface area contributed by atoms with Crippen molar-refractivity contribution in [2.45, 2.75) is 0 Å². The Morgan fingerprint density at radius 2 is 0.812 bits per heavy atom. The summed E-state index contributed by atoms with van der Waals surface area (Å²) in [6.07, 6.45) is 3.55. The molecule has 0 amide bonds. The van der Waals surface area contributed by atoms with Crippen molar-refractivity contribution >= 4 is 65.5 Å². The number of hydrogen-bond donors (Lipinski definition) is 0. The molecule has 322 valence electrons. The van der Waals surface area contributed by atoms with Gasteiger partial charge in [0, 0.05) is 49.4 Å². The summed E-state index contributed by atoms with van der Waals surface area (Å²) in [5.41, 5.74) is 15.8. The zero-order valence-electron chi connectivity index (χ0n) is 37.0. The third-order valence-corrected chi connectivity index (χ3v) is 13.4. The van der Waals surface area contributed by atoms with Crippen molar-refractivity contribution in [3.05, 3.63) is 231 Å². The zero-order chi connectivity index (χ0) is 45.4. The van der Waals surface area contributed by atoms with Crippen LogP contribution in [0.5, 0.6) is 0 Å². The number of para-hydroxylation sites is 3. The predicted molar refractivity (Wildman–Crippen MR) is 280 cm³/mol. The predicted octanol–water partition coefficient (Wildman–Crippen LogP) is 14.6. The van der Waals surface area contributed by atoms with Crippen LogP contribution in [0.3, 0.4) is 0 Å². The highest BCUT2D eigenvalue weighted by Crippen LogP contribution is 2.40. The highest BCUT2D eigenvalue weighted by Gasteiger charge is 2.21. The largest absolute Gasteiger partial charge is 0.309 e. The topological polar surface area (TPSA) is 79.2 Å². The van der Waals surface area contributed by atoms with Crippen molar-refractivity contribution in [1.82, 2.24) is 38.6 Å². The quantitative estimate of drug-likeness (QED) is 0.159. The molecule has 0 aliphatic heterocycles. The van der Waals surface area contributed by atoms with E-state index in [4.69, 9.17) is 19.9 Å². The first-order valence-electron chi connectivity index (χ1n) is 23.1. The molecule has 8 nitrogen and oxygen atoms in total. The molecule has 14 rings (SSSR count). The van der Waals surface area contributed by atoms with Crippen molar-refractivity contribution in [2.24, 2.45) is 0 Å². The number of hydrogen-bond acceptors (Lipinski definition) is 5. The van der Waals surface area contributed by atoms with Crippen LogP contribution in [-0.2, 0) is 0 Å². The first-order valence-corrected chi connectivity index (χ1v) is 23.1. The molecule has 0 aliphatic rings. The van der Waals surface area contributed by atoms with E-state index in [0.29, 0.717) is 17.6 Å². The Hall–Kier alpha value is -9.53. The molecule has 8 heteroatoms. The van der Waals surface area contributed by atoms with Crippen LogP contribution in [-0.4, -0.2) is 38.6 Å². The van der Waals surface area contributed by atoms with Gasteiger partial charge in [0.2, 0.25) is 5.95 Å².